The Morgan fingerprint density at radius 3 is 2.58 bits per heavy atom. The number of methoxy groups -OCH3 is 1. The molecule has 1 aromatic heterocycles. The molecule has 3 aromatic rings. The number of carbonyl (C=O) groups is 3. The number of amides is 1. The van der Waals surface area contributed by atoms with Crippen LogP contribution in [0.15, 0.2) is 65.7 Å². The van der Waals surface area contributed by atoms with Gasteiger partial charge in [0.2, 0.25) is 5.91 Å². The quantitative estimate of drug-likeness (QED) is 0.401. The van der Waals surface area contributed by atoms with Crippen LogP contribution in [0.5, 0.6) is 0 Å². The molecule has 2 heterocycles. The van der Waals surface area contributed by atoms with Crippen molar-refractivity contribution in [2.24, 2.45) is 0 Å². The van der Waals surface area contributed by atoms with Gasteiger partial charge in [0.1, 0.15) is 0 Å². The number of aromatic nitrogens is 1. The average molecular weight is 463 g/mol. The second-order valence-electron chi connectivity index (χ2n) is 7.19. The predicted molar refractivity (Wildman–Crippen MR) is 126 cm³/mol. The topological polar surface area (TPSA) is 85.8 Å². The standard InChI is InChI=1S/C25H22N2O5S/c1-3-32-22(29)13-21-27(20(28)15-33-21)14-19-24(25(30)31-2)23(16-9-5-4-6-10-16)17-11-7-8-12-18(17)26-19/h4-13H,3,14-15H2,1-2H3/b21-13-. The first-order valence-electron chi connectivity index (χ1n) is 10.4. The minimum Gasteiger partial charge on any atom is -0.465 e. The summed E-state index contributed by atoms with van der Waals surface area (Å²) in [4.78, 5) is 43.9. The zero-order valence-electron chi connectivity index (χ0n) is 18.2. The van der Waals surface area contributed by atoms with Crippen LogP contribution in [0.2, 0.25) is 0 Å². The second kappa shape index (κ2) is 9.87. The molecule has 33 heavy (non-hydrogen) atoms. The Hall–Kier alpha value is -3.65. The van der Waals surface area contributed by atoms with Gasteiger partial charge < -0.3 is 9.47 Å². The summed E-state index contributed by atoms with van der Waals surface area (Å²) in [7, 11) is 1.32. The molecule has 0 spiro atoms. The molecule has 1 fully saturated rings. The van der Waals surface area contributed by atoms with Gasteiger partial charge >= 0.3 is 11.9 Å². The summed E-state index contributed by atoms with van der Waals surface area (Å²) >= 11 is 1.25. The molecular weight excluding hydrogens is 440 g/mol. The van der Waals surface area contributed by atoms with E-state index in [1.54, 1.807) is 6.92 Å². The summed E-state index contributed by atoms with van der Waals surface area (Å²) in [5.74, 6) is -1.05. The van der Waals surface area contributed by atoms with Crippen molar-refractivity contribution in [3.63, 3.8) is 0 Å². The second-order valence-corrected chi connectivity index (χ2v) is 8.18. The van der Waals surface area contributed by atoms with E-state index >= 15 is 0 Å². The number of hydrogen-bond donors (Lipinski definition) is 0. The van der Waals surface area contributed by atoms with E-state index in [9.17, 15) is 14.4 Å². The highest BCUT2D eigenvalue weighted by Crippen LogP contribution is 2.36. The molecule has 0 atom stereocenters. The molecule has 2 aromatic carbocycles. The van der Waals surface area contributed by atoms with Crippen LogP contribution in [0.4, 0.5) is 0 Å². The van der Waals surface area contributed by atoms with Crippen molar-refractivity contribution in [1.82, 2.24) is 9.88 Å². The molecule has 0 N–H and O–H groups in total. The fraction of sp³-hybridized carbons (Fsp3) is 0.200. The number of ether oxygens (including phenoxy) is 2. The number of hydrogen-bond acceptors (Lipinski definition) is 7. The molecular formula is C25H22N2O5S. The fourth-order valence-electron chi connectivity index (χ4n) is 3.74. The molecule has 0 aliphatic carbocycles. The third-order valence-electron chi connectivity index (χ3n) is 5.17. The highest BCUT2D eigenvalue weighted by molar-refractivity contribution is 8.04. The van der Waals surface area contributed by atoms with Gasteiger partial charge in [0, 0.05) is 10.9 Å². The molecule has 8 heteroatoms. The van der Waals surface area contributed by atoms with Crippen LogP contribution in [-0.2, 0) is 25.6 Å². The van der Waals surface area contributed by atoms with Crippen molar-refractivity contribution in [1.29, 1.82) is 0 Å². The molecule has 168 valence electrons. The van der Waals surface area contributed by atoms with E-state index in [2.05, 4.69) is 0 Å². The summed E-state index contributed by atoms with van der Waals surface area (Å²) in [6.07, 6.45) is 1.30. The van der Waals surface area contributed by atoms with Crippen molar-refractivity contribution < 1.29 is 23.9 Å². The minimum absolute atomic E-state index is 0.0200. The third kappa shape index (κ3) is 4.61. The van der Waals surface area contributed by atoms with Crippen LogP contribution in [0.25, 0.3) is 22.0 Å². The fourth-order valence-corrected chi connectivity index (χ4v) is 4.67. The van der Waals surface area contributed by atoms with Crippen molar-refractivity contribution in [2.75, 3.05) is 19.5 Å². The number of thioether (sulfide) groups is 1. The molecule has 1 aliphatic heterocycles. The number of esters is 2. The summed E-state index contributed by atoms with van der Waals surface area (Å²) in [5, 5.41) is 1.27. The van der Waals surface area contributed by atoms with Crippen LogP contribution < -0.4 is 0 Å². The first-order chi connectivity index (χ1) is 16.0. The Kier molecular flexibility index (Phi) is 6.74. The van der Waals surface area contributed by atoms with Gasteiger partial charge in [-0.2, -0.15) is 0 Å². The molecule has 0 radical (unpaired) electrons. The van der Waals surface area contributed by atoms with Crippen LogP contribution in [-0.4, -0.2) is 47.2 Å². The molecule has 0 unspecified atom stereocenters. The lowest BCUT2D eigenvalue weighted by Gasteiger charge is -2.21. The van der Waals surface area contributed by atoms with E-state index in [1.807, 2.05) is 54.6 Å². The lowest BCUT2D eigenvalue weighted by molar-refractivity contribution is -0.137. The van der Waals surface area contributed by atoms with Gasteiger partial charge in [-0.3, -0.25) is 9.69 Å². The molecule has 4 rings (SSSR count). The Bertz CT molecular complexity index is 1260. The third-order valence-corrected chi connectivity index (χ3v) is 6.19. The molecule has 1 amide bonds. The maximum absolute atomic E-state index is 13.0. The molecule has 0 saturated carbocycles. The number of para-hydroxylation sites is 1. The first-order valence-corrected chi connectivity index (χ1v) is 11.4. The van der Waals surface area contributed by atoms with Gasteiger partial charge in [-0.15, -0.1) is 0 Å². The summed E-state index contributed by atoms with van der Waals surface area (Å²) in [5.41, 5.74) is 2.90. The Morgan fingerprint density at radius 2 is 1.85 bits per heavy atom. The monoisotopic (exact) mass is 462 g/mol. The zero-order chi connectivity index (χ0) is 23.4. The van der Waals surface area contributed by atoms with Crippen LogP contribution in [0, 0.1) is 0 Å². The minimum atomic E-state index is -0.544. The molecule has 1 saturated heterocycles. The van der Waals surface area contributed by atoms with Crippen LogP contribution >= 0.6 is 11.8 Å². The van der Waals surface area contributed by atoms with Gasteiger partial charge in [-0.1, -0.05) is 60.3 Å². The normalized spacial score (nSPS) is 14.7. The summed E-state index contributed by atoms with van der Waals surface area (Å²) < 4.78 is 10.1. The number of fused-ring (bicyclic) bond motifs is 1. The molecule has 7 nitrogen and oxygen atoms in total. The summed E-state index contributed by atoms with van der Waals surface area (Å²) in [6, 6.07) is 17.1. The average Bonchev–Trinajstić information content (AvgIpc) is 3.17. The van der Waals surface area contributed by atoms with E-state index < -0.39 is 11.9 Å². The largest absolute Gasteiger partial charge is 0.465 e. The number of carbonyl (C=O) groups excluding carboxylic acids is 3. The Morgan fingerprint density at radius 1 is 1.12 bits per heavy atom. The van der Waals surface area contributed by atoms with Crippen LogP contribution in [0.1, 0.15) is 23.0 Å². The smallest absolute Gasteiger partial charge is 0.340 e. The SMILES string of the molecule is CCOC(=O)/C=C1\SCC(=O)N1Cc1nc2ccccc2c(-c2ccccc2)c1C(=O)OC. The predicted octanol–water partition coefficient (Wildman–Crippen LogP) is 4.17. The van der Waals surface area contributed by atoms with E-state index in [0.29, 0.717) is 27.4 Å². The Labute approximate surface area is 195 Å². The lowest BCUT2D eigenvalue weighted by atomic mass is 9.94. The van der Waals surface area contributed by atoms with Gasteiger partial charge in [0.05, 0.1) is 53.9 Å². The van der Waals surface area contributed by atoms with E-state index in [4.69, 9.17) is 14.5 Å². The van der Waals surface area contributed by atoms with Crippen molar-refractivity contribution in [2.45, 2.75) is 13.5 Å². The lowest BCUT2D eigenvalue weighted by Crippen LogP contribution is -2.26. The van der Waals surface area contributed by atoms with Gasteiger partial charge in [-0.25, -0.2) is 14.6 Å². The van der Waals surface area contributed by atoms with Crippen molar-refractivity contribution in [3.05, 3.63) is 77.0 Å². The van der Waals surface area contributed by atoms with E-state index in [-0.39, 0.29) is 24.8 Å². The maximum Gasteiger partial charge on any atom is 0.340 e. The number of pyridine rings is 1. The van der Waals surface area contributed by atoms with E-state index in [0.717, 1.165) is 10.9 Å². The van der Waals surface area contributed by atoms with Gasteiger partial charge in [0.25, 0.3) is 0 Å². The molecule has 1 aliphatic rings. The van der Waals surface area contributed by atoms with Gasteiger partial charge in [0.15, 0.2) is 0 Å². The van der Waals surface area contributed by atoms with E-state index in [1.165, 1.54) is 29.8 Å². The highest BCUT2D eigenvalue weighted by Gasteiger charge is 2.31. The zero-order valence-corrected chi connectivity index (χ0v) is 19.1. The first kappa shape index (κ1) is 22.5. The van der Waals surface area contributed by atoms with Gasteiger partial charge in [-0.05, 0) is 18.6 Å². The molecule has 0 bridgehead atoms. The van der Waals surface area contributed by atoms with Crippen molar-refractivity contribution in [3.8, 4) is 11.1 Å². The maximum atomic E-state index is 13.0. The highest BCUT2D eigenvalue weighted by atomic mass is 32.2. The number of benzene rings is 2. The Balaban J connectivity index is 1.90. The number of rotatable bonds is 6. The van der Waals surface area contributed by atoms with Crippen molar-refractivity contribution >= 4 is 40.5 Å². The number of nitrogens with zero attached hydrogens (tertiary/aromatic N) is 2. The summed E-state index contributed by atoms with van der Waals surface area (Å²) in [6.45, 7) is 1.97. The van der Waals surface area contributed by atoms with Crippen LogP contribution in [0.3, 0.4) is 0 Å².